The Bertz CT molecular complexity index is 621. The molecule has 2 aromatic rings. The van der Waals surface area contributed by atoms with Gasteiger partial charge in [0, 0.05) is 11.8 Å². The van der Waals surface area contributed by atoms with Crippen LogP contribution in [0.2, 0.25) is 0 Å². The Labute approximate surface area is 106 Å². The summed E-state index contributed by atoms with van der Waals surface area (Å²) in [7, 11) is 0. The van der Waals surface area contributed by atoms with Gasteiger partial charge < -0.3 is 5.73 Å². The number of hydrogen-bond donors (Lipinski definition) is 1. The van der Waals surface area contributed by atoms with Crippen LogP contribution in [0.15, 0.2) is 30.5 Å². The monoisotopic (exact) mass is 270 g/mol. The Balaban J connectivity index is 2.58. The minimum Gasteiger partial charge on any atom is -0.397 e. The Morgan fingerprint density at radius 2 is 1.84 bits per heavy atom. The number of nitrogens with two attached hydrogens (primary N) is 1. The zero-order chi connectivity index (χ0) is 14.2. The molecule has 0 unspecified atom stereocenters. The van der Waals surface area contributed by atoms with Crippen LogP contribution >= 0.6 is 0 Å². The predicted octanol–water partition coefficient (Wildman–Crippen LogP) is 3.80. The van der Waals surface area contributed by atoms with E-state index in [9.17, 15) is 17.6 Å². The van der Waals surface area contributed by atoms with Crippen LogP contribution in [-0.2, 0) is 6.18 Å². The molecular formula is C13H10F4N2. The first-order chi connectivity index (χ1) is 8.79. The summed E-state index contributed by atoms with van der Waals surface area (Å²) in [6, 6.07) is 4.29. The second-order valence-corrected chi connectivity index (χ2v) is 4.14. The molecule has 0 saturated heterocycles. The maximum Gasteiger partial charge on any atom is 0.419 e. The number of nitrogen functional groups attached to an aromatic ring is 1. The van der Waals surface area contributed by atoms with Crippen LogP contribution in [0.25, 0.3) is 11.3 Å². The summed E-state index contributed by atoms with van der Waals surface area (Å²) in [5.74, 6) is -1.32. The van der Waals surface area contributed by atoms with Crippen LogP contribution < -0.4 is 5.73 Å². The first kappa shape index (κ1) is 13.3. The van der Waals surface area contributed by atoms with E-state index in [1.165, 1.54) is 12.3 Å². The highest BCUT2D eigenvalue weighted by Crippen LogP contribution is 2.35. The van der Waals surface area contributed by atoms with Gasteiger partial charge in [0.25, 0.3) is 0 Å². The summed E-state index contributed by atoms with van der Waals surface area (Å²) in [4.78, 5) is 3.99. The van der Waals surface area contributed by atoms with Crippen molar-refractivity contribution in [2.45, 2.75) is 13.1 Å². The molecule has 0 aliphatic carbocycles. The molecule has 6 heteroatoms. The molecule has 19 heavy (non-hydrogen) atoms. The molecule has 0 spiro atoms. The van der Waals surface area contributed by atoms with E-state index in [1.807, 2.05) is 0 Å². The number of aryl methyl sites for hydroxylation is 1. The fourth-order valence-electron chi connectivity index (χ4n) is 1.72. The first-order valence-electron chi connectivity index (χ1n) is 5.38. The SMILES string of the molecule is Cc1cnc(-c2ccc(F)c(C(F)(F)F)c2)c(N)c1. The van der Waals surface area contributed by atoms with Crippen molar-refractivity contribution < 1.29 is 17.6 Å². The fourth-order valence-corrected chi connectivity index (χ4v) is 1.72. The highest BCUT2D eigenvalue weighted by molar-refractivity contribution is 5.73. The number of alkyl halides is 3. The van der Waals surface area contributed by atoms with Crippen LogP contribution in [0, 0.1) is 12.7 Å². The smallest absolute Gasteiger partial charge is 0.397 e. The van der Waals surface area contributed by atoms with E-state index in [0.29, 0.717) is 6.07 Å². The van der Waals surface area contributed by atoms with Crippen molar-refractivity contribution in [2.75, 3.05) is 5.73 Å². The van der Waals surface area contributed by atoms with Crippen LogP contribution in [0.1, 0.15) is 11.1 Å². The molecule has 1 heterocycles. The molecule has 2 nitrogen and oxygen atoms in total. The van der Waals surface area contributed by atoms with Crippen LogP contribution in [0.5, 0.6) is 0 Å². The van der Waals surface area contributed by atoms with Gasteiger partial charge in [-0.1, -0.05) is 0 Å². The van der Waals surface area contributed by atoms with Gasteiger partial charge in [0.1, 0.15) is 5.82 Å². The van der Waals surface area contributed by atoms with Gasteiger partial charge in [-0.25, -0.2) is 4.39 Å². The first-order valence-corrected chi connectivity index (χ1v) is 5.38. The van der Waals surface area contributed by atoms with E-state index >= 15 is 0 Å². The number of hydrogen-bond acceptors (Lipinski definition) is 2. The number of anilines is 1. The molecule has 2 N–H and O–H groups in total. The summed E-state index contributed by atoms with van der Waals surface area (Å²) in [5.41, 5.74) is 5.76. The normalized spacial score (nSPS) is 11.6. The van der Waals surface area contributed by atoms with Gasteiger partial charge in [-0.15, -0.1) is 0 Å². The van der Waals surface area contributed by atoms with Crippen molar-refractivity contribution in [1.29, 1.82) is 0 Å². The average Bonchev–Trinajstić information content (AvgIpc) is 2.29. The van der Waals surface area contributed by atoms with Crippen molar-refractivity contribution in [1.82, 2.24) is 4.98 Å². The molecule has 0 aliphatic rings. The summed E-state index contributed by atoms with van der Waals surface area (Å²) >= 11 is 0. The molecule has 0 amide bonds. The molecule has 1 aromatic heterocycles. The lowest BCUT2D eigenvalue weighted by atomic mass is 10.0. The number of benzene rings is 1. The summed E-state index contributed by atoms with van der Waals surface area (Å²) in [5, 5.41) is 0. The number of nitrogens with zero attached hydrogens (tertiary/aromatic N) is 1. The van der Waals surface area contributed by atoms with Crippen LogP contribution in [-0.4, -0.2) is 4.98 Å². The Hall–Kier alpha value is -2.11. The van der Waals surface area contributed by atoms with Gasteiger partial charge in [0.2, 0.25) is 0 Å². The largest absolute Gasteiger partial charge is 0.419 e. The van der Waals surface area contributed by atoms with Crippen molar-refractivity contribution in [2.24, 2.45) is 0 Å². The molecule has 0 atom stereocenters. The van der Waals surface area contributed by atoms with Crippen molar-refractivity contribution >= 4 is 5.69 Å². The maximum atomic E-state index is 13.2. The van der Waals surface area contributed by atoms with E-state index in [1.54, 1.807) is 13.0 Å². The predicted molar refractivity (Wildman–Crippen MR) is 63.8 cm³/mol. The molecule has 0 aliphatic heterocycles. The van der Waals surface area contributed by atoms with Gasteiger partial charge >= 0.3 is 6.18 Å². The van der Waals surface area contributed by atoms with E-state index in [4.69, 9.17) is 5.73 Å². The van der Waals surface area contributed by atoms with Crippen molar-refractivity contribution in [3.05, 3.63) is 47.4 Å². The maximum absolute atomic E-state index is 13.2. The third-order valence-corrected chi connectivity index (χ3v) is 2.60. The highest BCUT2D eigenvalue weighted by atomic mass is 19.4. The topological polar surface area (TPSA) is 38.9 Å². The summed E-state index contributed by atoms with van der Waals surface area (Å²) < 4.78 is 51.0. The van der Waals surface area contributed by atoms with Gasteiger partial charge in [0.15, 0.2) is 0 Å². The third-order valence-electron chi connectivity index (χ3n) is 2.60. The van der Waals surface area contributed by atoms with E-state index in [0.717, 1.165) is 11.6 Å². The van der Waals surface area contributed by atoms with Gasteiger partial charge in [-0.05, 0) is 36.8 Å². The number of rotatable bonds is 1. The van der Waals surface area contributed by atoms with E-state index < -0.39 is 17.6 Å². The molecule has 0 fully saturated rings. The highest BCUT2D eigenvalue weighted by Gasteiger charge is 2.34. The number of halogens is 4. The van der Waals surface area contributed by atoms with Crippen LogP contribution in [0.3, 0.4) is 0 Å². The lowest BCUT2D eigenvalue weighted by Crippen LogP contribution is -2.08. The molecule has 0 radical (unpaired) electrons. The molecule has 100 valence electrons. The Morgan fingerprint density at radius 3 is 2.42 bits per heavy atom. The molecule has 1 aromatic carbocycles. The third kappa shape index (κ3) is 2.67. The van der Waals surface area contributed by atoms with Crippen molar-refractivity contribution in [3.8, 4) is 11.3 Å². The lowest BCUT2D eigenvalue weighted by Gasteiger charge is -2.11. The quantitative estimate of drug-likeness (QED) is 0.800. The standard InChI is InChI=1S/C13H10F4N2/c1-7-4-11(18)12(19-6-7)8-2-3-10(14)9(5-8)13(15,16)17/h2-6H,18H2,1H3. The summed E-state index contributed by atoms with van der Waals surface area (Å²) in [6.07, 6.45) is -3.26. The van der Waals surface area contributed by atoms with Crippen LogP contribution in [0.4, 0.5) is 23.2 Å². The van der Waals surface area contributed by atoms with Gasteiger partial charge in [-0.3, -0.25) is 4.98 Å². The van der Waals surface area contributed by atoms with E-state index in [2.05, 4.69) is 4.98 Å². The summed E-state index contributed by atoms with van der Waals surface area (Å²) in [6.45, 7) is 1.76. The van der Waals surface area contributed by atoms with E-state index in [-0.39, 0.29) is 16.9 Å². The molecule has 2 rings (SSSR count). The lowest BCUT2D eigenvalue weighted by molar-refractivity contribution is -0.139. The Morgan fingerprint density at radius 1 is 1.16 bits per heavy atom. The molecular weight excluding hydrogens is 260 g/mol. The second-order valence-electron chi connectivity index (χ2n) is 4.14. The van der Waals surface area contributed by atoms with Gasteiger partial charge in [0.05, 0.1) is 16.9 Å². The minimum absolute atomic E-state index is 0.131. The fraction of sp³-hybridized carbons (Fsp3) is 0.154. The zero-order valence-electron chi connectivity index (χ0n) is 9.92. The number of aromatic nitrogens is 1. The average molecular weight is 270 g/mol. The van der Waals surface area contributed by atoms with Gasteiger partial charge in [-0.2, -0.15) is 13.2 Å². The molecule has 0 bridgehead atoms. The Kier molecular flexibility index (Phi) is 3.18. The second kappa shape index (κ2) is 4.53. The zero-order valence-corrected chi connectivity index (χ0v) is 9.92. The minimum atomic E-state index is -4.75. The number of pyridine rings is 1. The van der Waals surface area contributed by atoms with Crippen molar-refractivity contribution in [3.63, 3.8) is 0 Å². The molecule has 0 saturated carbocycles.